The van der Waals surface area contributed by atoms with Gasteiger partial charge in [0.1, 0.15) is 5.82 Å². The minimum absolute atomic E-state index is 0.144. The highest BCUT2D eigenvalue weighted by molar-refractivity contribution is 5.22. The molecule has 0 radical (unpaired) electrons. The molecule has 3 unspecified atom stereocenters. The number of halogens is 1. The predicted octanol–water partition coefficient (Wildman–Crippen LogP) is 10.2. The van der Waals surface area contributed by atoms with Gasteiger partial charge in [-0.15, -0.1) is 0 Å². The third-order valence-electron chi connectivity index (χ3n) is 5.53. The zero-order chi connectivity index (χ0) is 23.4. The normalized spacial score (nSPS) is 18.8. The fourth-order valence-electron chi connectivity index (χ4n) is 4.19. The monoisotopic (exact) mass is 422 g/mol. The van der Waals surface area contributed by atoms with Gasteiger partial charge in [0.05, 0.1) is 6.26 Å². The number of unbranched alkanes of at least 4 members (excludes halogenated alkanes) is 1. The summed E-state index contributed by atoms with van der Waals surface area (Å²) >= 11 is 0. The molecule has 176 valence electrons. The average Bonchev–Trinajstić information content (AvgIpc) is 3.27. The first kappa shape index (κ1) is 30.9. The lowest BCUT2D eigenvalue weighted by atomic mass is 9.75. The fraction of sp³-hybridized carbons (Fsp3) is 0.714. The van der Waals surface area contributed by atoms with Gasteiger partial charge in [-0.1, -0.05) is 92.7 Å². The maximum atomic E-state index is 13.2. The summed E-state index contributed by atoms with van der Waals surface area (Å²) in [5, 5.41) is 9.15. The van der Waals surface area contributed by atoms with Crippen molar-refractivity contribution >= 4 is 0 Å². The molecular weight excluding hydrogens is 371 g/mol. The number of benzene rings is 1. The van der Waals surface area contributed by atoms with Crippen molar-refractivity contribution in [1.82, 2.24) is 0 Å². The summed E-state index contributed by atoms with van der Waals surface area (Å²) in [5.74, 6) is 1.85. The lowest BCUT2D eigenvalue weighted by Gasteiger charge is -2.29. The Labute approximate surface area is 188 Å². The van der Waals surface area contributed by atoms with Gasteiger partial charge in [-0.3, -0.25) is 0 Å². The van der Waals surface area contributed by atoms with Gasteiger partial charge in [0.2, 0.25) is 0 Å². The molecule has 2 rings (SSSR count). The lowest BCUT2D eigenvalue weighted by molar-refractivity contribution is 0.268. The molecule has 2 heteroatoms. The van der Waals surface area contributed by atoms with Crippen molar-refractivity contribution in [2.75, 3.05) is 0 Å². The minimum atomic E-state index is -0.144. The molecule has 1 aromatic carbocycles. The standard InChI is InChI=1S/C21H31FO.C3H8.2C2H6/c1-3-4-6-17(10-9-16(2)15-23)20-7-5-8-21(20)18-11-13-19(22)14-12-18;1-3-2;2*1-2/h11-15,17,20-21,23H,3-10H2,1-2H3;3H2,1-2H3;2*1-2H3. The van der Waals surface area contributed by atoms with E-state index in [9.17, 15) is 4.39 Å². The zero-order valence-corrected chi connectivity index (χ0v) is 21.3. The molecule has 1 aliphatic rings. The summed E-state index contributed by atoms with van der Waals surface area (Å²) in [6.07, 6.45) is 12.2. The van der Waals surface area contributed by atoms with Crippen LogP contribution in [0, 0.1) is 17.7 Å². The Morgan fingerprint density at radius 2 is 1.60 bits per heavy atom. The third kappa shape index (κ3) is 12.4. The summed E-state index contributed by atoms with van der Waals surface area (Å²) in [5.41, 5.74) is 2.38. The molecule has 30 heavy (non-hydrogen) atoms. The van der Waals surface area contributed by atoms with Crippen LogP contribution in [-0.4, -0.2) is 5.11 Å². The second-order valence-electron chi connectivity index (χ2n) is 7.88. The molecule has 1 nitrogen and oxygen atoms in total. The molecule has 0 heterocycles. The average molecular weight is 423 g/mol. The second-order valence-corrected chi connectivity index (χ2v) is 7.88. The van der Waals surface area contributed by atoms with Gasteiger partial charge in [-0.25, -0.2) is 4.39 Å². The predicted molar refractivity (Wildman–Crippen MR) is 134 cm³/mol. The van der Waals surface area contributed by atoms with Crippen LogP contribution in [-0.2, 0) is 0 Å². The maximum absolute atomic E-state index is 13.2. The summed E-state index contributed by atoms with van der Waals surface area (Å²) < 4.78 is 13.2. The van der Waals surface area contributed by atoms with E-state index in [0.29, 0.717) is 17.8 Å². The molecule has 1 saturated carbocycles. The van der Waals surface area contributed by atoms with Crippen molar-refractivity contribution in [2.24, 2.45) is 11.8 Å². The van der Waals surface area contributed by atoms with E-state index in [2.05, 4.69) is 20.8 Å². The molecule has 0 amide bonds. The van der Waals surface area contributed by atoms with E-state index >= 15 is 0 Å². The quantitative estimate of drug-likeness (QED) is 0.413. The summed E-state index contributed by atoms with van der Waals surface area (Å²) in [6.45, 7) is 16.5. The van der Waals surface area contributed by atoms with Gasteiger partial charge in [-0.05, 0) is 73.6 Å². The highest BCUT2D eigenvalue weighted by atomic mass is 19.1. The van der Waals surface area contributed by atoms with E-state index in [1.165, 1.54) is 56.8 Å². The van der Waals surface area contributed by atoms with E-state index in [-0.39, 0.29) is 5.82 Å². The van der Waals surface area contributed by atoms with E-state index in [0.717, 1.165) is 18.4 Å². The molecular formula is C28H51FO. The van der Waals surface area contributed by atoms with Crippen LogP contribution in [0.5, 0.6) is 0 Å². The number of hydrogen-bond donors (Lipinski definition) is 1. The van der Waals surface area contributed by atoms with Crippen LogP contribution >= 0.6 is 0 Å². The molecule has 0 aliphatic heterocycles. The number of allylic oxidation sites excluding steroid dienone is 1. The summed E-state index contributed by atoms with van der Waals surface area (Å²) in [4.78, 5) is 0. The Morgan fingerprint density at radius 3 is 2.10 bits per heavy atom. The van der Waals surface area contributed by atoms with Crippen LogP contribution in [0.25, 0.3) is 0 Å². The molecule has 3 atom stereocenters. The van der Waals surface area contributed by atoms with Crippen molar-refractivity contribution in [3.63, 3.8) is 0 Å². The van der Waals surface area contributed by atoms with Crippen molar-refractivity contribution in [3.8, 4) is 0 Å². The third-order valence-corrected chi connectivity index (χ3v) is 5.53. The number of aliphatic hydroxyl groups excluding tert-OH is 1. The van der Waals surface area contributed by atoms with Crippen LogP contribution in [0.15, 0.2) is 36.1 Å². The largest absolute Gasteiger partial charge is 0.516 e. The van der Waals surface area contributed by atoms with Gasteiger partial charge in [0.25, 0.3) is 0 Å². The van der Waals surface area contributed by atoms with Gasteiger partial charge in [0.15, 0.2) is 0 Å². The lowest BCUT2D eigenvalue weighted by Crippen LogP contribution is -2.18. The maximum Gasteiger partial charge on any atom is 0.123 e. The second kappa shape index (κ2) is 20.9. The Hall–Kier alpha value is -1.31. The summed E-state index contributed by atoms with van der Waals surface area (Å²) in [7, 11) is 0. The van der Waals surface area contributed by atoms with Gasteiger partial charge in [-0.2, -0.15) is 0 Å². The summed E-state index contributed by atoms with van der Waals surface area (Å²) in [6, 6.07) is 7.16. The van der Waals surface area contributed by atoms with Crippen LogP contribution in [0.2, 0.25) is 0 Å². The van der Waals surface area contributed by atoms with Crippen LogP contribution in [0.1, 0.15) is 125 Å². The number of aliphatic hydroxyl groups is 1. The van der Waals surface area contributed by atoms with Gasteiger partial charge in [0, 0.05) is 0 Å². The first-order valence-electron chi connectivity index (χ1n) is 12.6. The zero-order valence-electron chi connectivity index (χ0n) is 21.3. The molecule has 1 N–H and O–H groups in total. The highest BCUT2D eigenvalue weighted by Gasteiger charge is 2.33. The van der Waals surface area contributed by atoms with Gasteiger partial charge >= 0.3 is 0 Å². The Balaban J connectivity index is 0. The van der Waals surface area contributed by atoms with Crippen LogP contribution < -0.4 is 0 Å². The van der Waals surface area contributed by atoms with Crippen LogP contribution in [0.4, 0.5) is 4.39 Å². The topological polar surface area (TPSA) is 20.2 Å². The number of hydrogen-bond acceptors (Lipinski definition) is 1. The molecule has 0 spiro atoms. The molecule has 0 saturated heterocycles. The Bertz CT molecular complexity index is 506. The SMILES string of the molecule is CC.CC.CCC.CCCCC(CCC(C)=CO)C1CCCC1c1ccc(F)cc1. The van der Waals surface area contributed by atoms with Crippen molar-refractivity contribution in [2.45, 2.75) is 119 Å². The van der Waals surface area contributed by atoms with E-state index < -0.39 is 0 Å². The van der Waals surface area contributed by atoms with E-state index in [1.807, 2.05) is 46.8 Å². The van der Waals surface area contributed by atoms with E-state index in [4.69, 9.17) is 5.11 Å². The van der Waals surface area contributed by atoms with Crippen molar-refractivity contribution < 1.29 is 9.50 Å². The van der Waals surface area contributed by atoms with E-state index in [1.54, 1.807) is 12.1 Å². The smallest absolute Gasteiger partial charge is 0.123 e. The van der Waals surface area contributed by atoms with Crippen molar-refractivity contribution in [1.29, 1.82) is 0 Å². The van der Waals surface area contributed by atoms with Crippen molar-refractivity contribution in [3.05, 3.63) is 47.5 Å². The first-order chi connectivity index (χ1) is 14.6. The molecule has 1 fully saturated rings. The molecule has 0 bridgehead atoms. The Kier molecular flexibility index (Phi) is 21.6. The molecule has 1 aromatic rings. The number of rotatable bonds is 8. The molecule has 0 aromatic heterocycles. The minimum Gasteiger partial charge on any atom is -0.516 e. The first-order valence-corrected chi connectivity index (χ1v) is 12.6. The fourth-order valence-corrected chi connectivity index (χ4v) is 4.19. The highest BCUT2D eigenvalue weighted by Crippen LogP contribution is 2.46. The van der Waals surface area contributed by atoms with Crippen LogP contribution in [0.3, 0.4) is 0 Å². The Morgan fingerprint density at radius 1 is 1.03 bits per heavy atom. The molecule has 1 aliphatic carbocycles. The van der Waals surface area contributed by atoms with Gasteiger partial charge < -0.3 is 5.11 Å².